The molecule has 1 aromatic heterocycles. The van der Waals surface area contributed by atoms with Crippen LogP contribution in [0.5, 0.6) is 0 Å². The first-order valence-corrected chi connectivity index (χ1v) is 7.14. The predicted octanol–water partition coefficient (Wildman–Crippen LogP) is 0.560. The SMILES string of the molecule is CC(C)c1nnnn1CC(=O)N(C)CC1(O)CCCC1. The lowest BCUT2D eigenvalue weighted by atomic mass is 10.0. The Morgan fingerprint density at radius 1 is 1.45 bits per heavy atom. The number of rotatable bonds is 5. The first kappa shape index (κ1) is 14.9. The highest BCUT2D eigenvalue weighted by Crippen LogP contribution is 2.29. The van der Waals surface area contributed by atoms with Gasteiger partial charge in [0.25, 0.3) is 0 Å². The molecular formula is C13H23N5O2. The highest BCUT2D eigenvalue weighted by Gasteiger charge is 2.33. The lowest BCUT2D eigenvalue weighted by molar-refractivity contribution is -0.134. The van der Waals surface area contributed by atoms with Crippen LogP contribution in [0.4, 0.5) is 0 Å². The molecule has 20 heavy (non-hydrogen) atoms. The molecule has 112 valence electrons. The van der Waals surface area contributed by atoms with Crippen molar-refractivity contribution < 1.29 is 9.90 Å². The second kappa shape index (κ2) is 5.87. The van der Waals surface area contributed by atoms with Crippen LogP contribution in [-0.2, 0) is 11.3 Å². The summed E-state index contributed by atoms with van der Waals surface area (Å²) in [6, 6.07) is 0. The van der Waals surface area contributed by atoms with Gasteiger partial charge in [-0.05, 0) is 23.3 Å². The molecule has 0 aliphatic heterocycles. The number of carbonyl (C=O) groups is 1. The van der Waals surface area contributed by atoms with E-state index in [0.29, 0.717) is 12.4 Å². The molecule has 1 N–H and O–H groups in total. The molecule has 2 rings (SSSR count). The van der Waals surface area contributed by atoms with Crippen molar-refractivity contribution in [3.8, 4) is 0 Å². The van der Waals surface area contributed by atoms with E-state index in [1.54, 1.807) is 11.9 Å². The molecule has 1 aliphatic rings. The van der Waals surface area contributed by atoms with Crippen molar-refractivity contribution in [1.82, 2.24) is 25.1 Å². The zero-order valence-electron chi connectivity index (χ0n) is 12.4. The van der Waals surface area contributed by atoms with E-state index in [1.165, 1.54) is 4.68 Å². The van der Waals surface area contributed by atoms with Gasteiger partial charge in [0.2, 0.25) is 5.91 Å². The maximum Gasteiger partial charge on any atom is 0.244 e. The van der Waals surface area contributed by atoms with E-state index in [2.05, 4.69) is 15.5 Å². The zero-order valence-corrected chi connectivity index (χ0v) is 12.4. The smallest absolute Gasteiger partial charge is 0.244 e. The Bertz CT molecular complexity index is 465. The molecular weight excluding hydrogens is 258 g/mol. The average molecular weight is 281 g/mol. The molecule has 0 atom stereocenters. The minimum absolute atomic E-state index is 0.0838. The van der Waals surface area contributed by atoms with Crippen LogP contribution in [0.2, 0.25) is 0 Å². The summed E-state index contributed by atoms with van der Waals surface area (Å²) < 4.78 is 1.53. The first-order chi connectivity index (χ1) is 9.41. The number of hydrogen-bond donors (Lipinski definition) is 1. The van der Waals surface area contributed by atoms with Gasteiger partial charge in [0, 0.05) is 19.5 Å². The van der Waals surface area contributed by atoms with Gasteiger partial charge >= 0.3 is 0 Å². The van der Waals surface area contributed by atoms with Crippen molar-refractivity contribution in [3.05, 3.63) is 5.82 Å². The zero-order chi connectivity index (χ0) is 14.8. The van der Waals surface area contributed by atoms with Crippen molar-refractivity contribution in [2.45, 2.75) is 57.6 Å². The first-order valence-electron chi connectivity index (χ1n) is 7.14. The third-order valence-electron chi connectivity index (χ3n) is 3.85. The second-order valence-electron chi connectivity index (χ2n) is 6.03. The molecule has 7 nitrogen and oxygen atoms in total. The number of aromatic nitrogens is 4. The molecule has 1 aliphatic carbocycles. The number of tetrazole rings is 1. The van der Waals surface area contributed by atoms with Crippen LogP contribution in [0.3, 0.4) is 0 Å². The van der Waals surface area contributed by atoms with Crippen LogP contribution in [0.1, 0.15) is 51.3 Å². The second-order valence-corrected chi connectivity index (χ2v) is 6.03. The molecule has 1 aromatic rings. The Labute approximate surface area is 119 Å². The van der Waals surface area contributed by atoms with Crippen LogP contribution in [0, 0.1) is 0 Å². The third kappa shape index (κ3) is 3.33. The molecule has 1 amide bonds. The van der Waals surface area contributed by atoms with E-state index >= 15 is 0 Å². The van der Waals surface area contributed by atoms with Crippen LogP contribution >= 0.6 is 0 Å². The summed E-state index contributed by atoms with van der Waals surface area (Å²) in [5, 5.41) is 21.7. The Morgan fingerprint density at radius 3 is 2.70 bits per heavy atom. The van der Waals surface area contributed by atoms with Crippen LogP contribution < -0.4 is 0 Å². The number of nitrogens with zero attached hydrogens (tertiary/aromatic N) is 5. The molecule has 1 heterocycles. The standard InChI is InChI=1S/C13H23N5O2/c1-10(2)12-14-15-16-18(12)8-11(19)17(3)9-13(20)6-4-5-7-13/h10,20H,4-9H2,1-3H3. The minimum Gasteiger partial charge on any atom is -0.388 e. The van der Waals surface area contributed by atoms with Gasteiger partial charge < -0.3 is 10.0 Å². The Kier molecular flexibility index (Phi) is 4.37. The molecule has 0 aromatic carbocycles. The molecule has 0 radical (unpaired) electrons. The number of aliphatic hydroxyl groups is 1. The van der Waals surface area contributed by atoms with Gasteiger partial charge in [-0.3, -0.25) is 4.79 Å². The molecule has 1 saturated carbocycles. The van der Waals surface area contributed by atoms with Crippen molar-refractivity contribution in [3.63, 3.8) is 0 Å². The Hall–Kier alpha value is -1.50. The van der Waals surface area contributed by atoms with E-state index in [4.69, 9.17) is 0 Å². The van der Waals surface area contributed by atoms with Gasteiger partial charge in [-0.1, -0.05) is 26.7 Å². The van der Waals surface area contributed by atoms with Crippen molar-refractivity contribution >= 4 is 5.91 Å². The summed E-state index contributed by atoms with van der Waals surface area (Å²) >= 11 is 0. The van der Waals surface area contributed by atoms with Crippen LogP contribution in [0.15, 0.2) is 0 Å². The predicted molar refractivity (Wildman–Crippen MR) is 73.0 cm³/mol. The number of hydrogen-bond acceptors (Lipinski definition) is 5. The molecule has 0 spiro atoms. The highest BCUT2D eigenvalue weighted by molar-refractivity contribution is 5.75. The number of amides is 1. The fourth-order valence-electron chi connectivity index (χ4n) is 2.71. The summed E-state index contributed by atoms with van der Waals surface area (Å²) in [7, 11) is 1.72. The summed E-state index contributed by atoms with van der Waals surface area (Å²) in [5.41, 5.74) is -0.716. The van der Waals surface area contributed by atoms with Gasteiger partial charge in [-0.25, -0.2) is 4.68 Å². The van der Waals surface area contributed by atoms with E-state index in [0.717, 1.165) is 25.7 Å². The van der Waals surface area contributed by atoms with Crippen molar-refractivity contribution in [2.75, 3.05) is 13.6 Å². The molecule has 1 fully saturated rings. The quantitative estimate of drug-likeness (QED) is 0.852. The third-order valence-corrected chi connectivity index (χ3v) is 3.85. The molecule has 0 unspecified atom stereocenters. The summed E-state index contributed by atoms with van der Waals surface area (Å²) in [5.74, 6) is 0.785. The van der Waals surface area contributed by atoms with E-state index in [9.17, 15) is 9.90 Å². The van der Waals surface area contributed by atoms with E-state index in [1.807, 2.05) is 13.8 Å². The van der Waals surface area contributed by atoms with Gasteiger partial charge in [0.15, 0.2) is 5.82 Å². The van der Waals surface area contributed by atoms with Gasteiger partial charge in [0.1, 0.15) is 6.54 Å². The number of likely N-dealkylation sites (N-methyl/N-ethyl adjacent to an activating group) is 1. The average Bonchev–Trinajstić information content (AvgIpc) is 2.98. The van der Waals surface area contributed by atoms with Crippen LogP contribution in [0.25, 0.3) is 0 Å². The van der Waals surface area contributed by atoms with Gasteiger partial charge in [-0.15, -0.1) is 5.10 Å². The fraction of sp³-hybridized carbons (Fsp3) is 0.846. The summed E-state index contributed by atoms with van der Waals surface area (Å²) in [4.78, 5) is 13.8. The fourth-order valence-corrected chi connectivity index (χ4v) is 2.71. The topological polar surface area (TPSA) is 84.1 Å². The lowest BCUT2D eigenvalue weighted by Crippen LogP contribution is -2.43. The monoisotopic (exact) mass is 281 g/mol. The maximum absolute atomic E-state index is 12.2. The summed E-state index contributed by atoms with van der Waals surface area (Å²) in [6.45, 7) is 4.47. The molecule has 0 bridgehead atoms. The molecule has 7 heteroatoms. The van der Waals surface area contributed by atoms with Gasteiger partial charge in [-0.2, -0.15) is 0 Å². The molecule has 0 saturated heterocycles. The highest BCUT2D eigenvalue weighted by atomic mass is 16.3. The summed E-state index contributed by atoms with van der Waals surface area (Å²) in [6.07, 6.45) is 3.60. The van der Waals surface area contributed by atoms with Crippen molar-refractivity contribution in [2.24, 2.45) is 0 Å². The maximum atomic E-state index is 12.2. The minimum atomic E-state index is -0.716. The van der Waals surface area contributed by atoms with E-state index < -0.39 is 5.60 Å². The Morgan fingerprint density at radius 2 is 2.10 bits per heavy atom. The Balaban J connectivity index is 1.95. The number of carbonyl (C=O) groups excluding carboxylic acids is 1. The van der Waals surface area contributed by atoms with Crippen molar-refractivity contribution in [1.29, 1.82) is 0 Å². The van der Waals surface area contributed by atoms with Gasteiger partial charge in [0.05, 0.1) is 5.60 Å². The normalized spacial score (nSPS) is 17.6. The largest absolute Gasteiger partial charge is 0.388 e. The lowest BCUT2D eigenvalue weighted by Gasteiger charge is -2.28. The van der Waals surface area contributed by atoms with Crippen LogP contribution in [-0.4, -0.2) is 55.3 Å². The van der Waals surface area contributed by atoms with E-state index in [-0.39, 0.29) is 18.4 Å².